The predicted octanol–water partition coefficient (Wildman–Crippen LogP) is 3.98. The van der Waals surface area contributed by atoms with E-state index in [4.69, 9.17) is 14.6 Å². The molecule has 1 fully saturated rings. The standard InChI is InChI=1S/C22H27N5O2/c1-4-27-21(23-20(24-27)17-9-6-5-7-10-17)18-11-8-13-26(14-12-18)22(28)19-15(2)25-29-16(19)3/h5-7,9-10,18H,4,8,11-14H2,1-3H3. The van der Waals surface area contributed by atoms with Crippen molar-refractivity contribution >= 4 is 5.91 Å². The van der Waals surface area contributed by atoms with E-state index in [2.05, 4.69) is 12.1 Å². The van der Waals surface area contributed by atoms with Gasteiger partial charge >= 0.3 is 0 Å². The van der Waals surface area contributed by atoms with Crippen LogP contribution in [-0.2, 0) is 6.54 Å². The van der Waals surface area contributed by atoms with Crippen molar-refractivity contribution in [3.05, 3.63) is 53.2 Å². The van der Waals surface area contributed by atoms with Gasteiger partial charge < -0.3 is 9.42 Å². The van der Waals surface area contributed by atoms with Gasteiger partial charge in [0.25, 0.3) is 5.91 Å². The SMILES string of the molecule is CCn1nc(-c2ccccc2)nc1C1CCCN(C(=O)c2c(C)noc2C)CC1. The van der Waals surface area contributed by atoms with Crippen molar-refractivity contribution in [3.8, 4) is 11.4 Å². The van der Waals surface area contributed by atoms with Crippen LogP contribution < -0.4 is 0 Å². The Kier molecular flexibility index (Phi) is 5.47. The molecule has 152 valence electrons. The molecular weight excluding hydrogens is 366 g/mol. The van der Waals surface area contributed by atoms with Crippen LogP contribution in [0.15, 0.2) is 34.9 Å². The lowest BCUT2D eigenvalue weighted by molar-refractivity contribution is 0.0758. The Morgan fingerprint density at radius 1 is 1.17 bits per heavy atom. The molecule has 7 nitrogen and oxygen atoms in total. The minimum Gasteiger partial charge on any atom is -0.361 e. The third-order valence-electron chi connectivity index (χ3n) is 5.66. The van der Waals surface area contributed by atoms with Crippen molar-refractivity contribution in [1.82, 2.24) is 24.8 Å². The van der Waals surface area contributed by atoms with Gasteiger partial charge in [-0.15, -0.1) is 0 Å². The van der Waals surface area contributed by atoms with Crippen molar-refractivity contribution in [2.24, 2.45) is 0 Å². The highest BCUT2D eigenvalue weighted by molar-refractivity contribution is 5.96. The van der Waals surface area contributed by atoms with Gasteiger partial charge in [0, 0.05) is 31.1 Å². The zero-order valence-corrected chi connectivity index (χ0v) is 17.3. The monoisotopic (exact) mass is 393 g/mol. The highest BCUT2D eigenvalue weighted by atomic mass is 16.5. The van der Waals surface area contributed by atoms with Gasteiger partial charge in [0.15, 0.2) is 5.82 Å². The van der Waals surface area contributed by atoms with Gasteiger partial charge in [0.1, 0.15) is 17.1 Å². The van der Waals surface area contributed by atoms with E-state index >= 15 is 0 Å². The van der Waals surface area contributed by atoms with E-state index in [-0.39, 0.29) is 5.91 Å². The first kappa shape index (κ1) is 19.4. The maximum absolute atomic E-state index is 13.0. The Balaban J connectivity index is 1.53. The number of nitrogens with zero attached hydrogens (tertiary/aromatic N) is 5. The van der Waals surface area contributed by atoms with Crippen molar-refractivity contribution in [2.75, 3.05) is 13.1 Å². The molecule has 1 aliphatic rings. The van der Waals surface area contributed by atoms with Crippen LogP contribution in [0.3, 0.4) is 0 Å². The Hall–Kier alpha value is -2.96. The Labute approximate surface area is 170 Å². The molecular formula is C22H27N5O2. The topological polar surface area (TPSA) is 77.1 Å². The van der Waals surface area contributed by atoms with E-state index in [0.29, 0.717) is 29.5 Å². The van der Waals surface area contributed by atoms with Crippen molar-refractivity contribution in [2.45, 2.75) is 52.5 Å². The summed E-state index contributed by atoms with van der Waals surface area (Å²) >= 11 is 0. The highest BCUT2D eigenvalue weighted by Gasteiger charge is 2.28. The van der Waals surface area contributed by atoms with Gasteiger partial charge in [0.05, 0.1) is 5.69 Å². The van der Waals surface area contributed by atoms with Crippen molar-refractivity contribution in [3.63, 3.8) is 0 Å². The molecule has 0 radical (unpaired) electrons. The van der Waals surface area contributed by atoms with Crippen LogP contribution in [0.4, 0.5) is 0 Å². The van der Waals surface area contributed by atoms with Crippen LogP contribution >= 0.6 is 0 Å². The van der Waals surface area contributed by atoms with Crippen molar-refractivity contribution < 1.29 is 9.32 Å². The minimum atomic E-state index is 0.0174. The van der Waals surface area contributed by atoms with Gasteiger partial charge in [-0.3, -0.25) is 4.79 Å². The number of rotatable bonds is 4. The lowest BCUT2D eigenvalue weighted by Gasteiger charge is -2.20. The molecule has 0 N–H and O–H groups in total. The molecule has 1 aliphatic heterocycles. The Morgan fingerprint density at radius 3 is 2.66 bits per heavy atom. The number of hydrogen-bond donors (Lipinski definition) is 0. The van der Waals surface area contributed by atoms with Crippen molar-refractivity contribution in [1.29, 1.82) is 0 Å². The molecule has 2 aromatic heterocycles. The third-order valence-corrected chi connectivity index (χ3v) is 5.66. The summed E-state index contributed by atoms with van der Waals surface area (Å²) in [4.78, 5) is 19.8. The van der Waals surface area contributed by atoms with Crippen LogP contribution in [0.5, 0.6) is 0 Å². The molecule has 1 aromatic carbocycles. The van der Waals surface area contributed by atoms with Crippen LogP contribution in [-0.4, -0.2) is 43.8 Å². The van der Waals surface area contributed by atoms with Crippen LogP contribution in [0, 0.1) is 13.8 Å². The zero-order chi connectivity index (χ0) is 20.4. The summed E-state index contributed by atoms with van der Waals surface area (Å²) in [5.74, 6) is 2.70. The second-order valence-electron chi connectivity index (χ2n) is 7.59. The lowest BCUT2D eigenvalue weighted by atomic mass is 10.00. The van der Waals surface area contributed by atoms with Gasteiger partial charge in [0.2, 0.25) is 0 Å². The van der Waals surface area contributed by atoms with E-state index in [1.165, 1.54) is 0 Å². The molecule has 1 atom stereocenters. The fourth-order valence-electron chi connectivity index (χ4n) is 4.10. The number of carbonyl (C=O) groups is 1. The van der Waals surface area contributed by atoms with E-state index in [9.17, 15) is 4.79 Å². The Bertz CT molecular complexity index is 973. The number of amides is 1. The van der Waals surface area contributed by atoms with E-state index in [1.54, 1.807) is 6.92 Å². The number of aromatic nitrogens is 4. The van der Waals surface area contributed by atoms with Gasteiger partial charge in [-0.25, -0.2) is 9.67 Å². The molecule has 0 aliphatic carbocycles. The van der Waals surface area contributed by atoms with Crippen LogP contribution in [0.2, 0.25) is 0 Å². The summed E-state index contributed by atoms with van der Waals surface area (Å²) in [5.41, 5.74) is 2.29. The summed E-state index contributed by atoms with van der Waals surface area (Å²) in [6, 6.07) is 10.1. The summed E-state index contributed by atoms with van der Waals surface area (Å²) in [6.45, 7) is 7.93. The molecule has 1 saturated heterocycles. The van der Waals surface area contributed by atoms with E-state index in [1.807, 2.05) is 46.8 Å². The molecule has 3 heterocycles. The number of aryl methyl sites for hydroxylation is 3. The quantitative estimate of drug-likeness (QED) is 0.670. The molecule has 4 rings (SSSR count). The largest absolute Gasteiger partial charge is 0.361 e. The fraction of sp³-hybridized carbons (Fsp3) is 0.455. The smallest absolute Gasteiger partial charge is 0.259 e. The predicted molar refractivity (Wildman–Crippen MR) is 110 cm³/mol. The normalized spacial score (nSPS) is 17.3. The van der Waals surface area contributed by atoms with Gasteiger partial charge in [-0.05, 0) is 40.0 Å². The number of hydrogen-bond acceptors (Lipinski definition) is 5. The summed E-state index contributed by atoms with van der Waals surface area (Å²) in [5, 5.41) is 8.66. The zero-order valence-electron chi connectivity index (χ0n) is 17.3. The summed E-state index contributed by atoms with van der Waals surface area (Å²) in [6.07, 6.45) is 2.82. The first-order chi connectivity index (χ1) is 14.1. The average molecular weight is 393 g/mol. The molecule has 0 saturated carbocycles. The summed E-state index contributed by atoms with van der Waals surface area (Å²) in [7, 11) is 0. The molecule has 3 aromatic rings. The van der Waals surface area contributed by atoms with Gasteiger partial charge in [-0.1, -0.05) is 35.5 Å². The van der Waals surface area contributed by atoms with Gasteiger partial charge in [-0.2, -0.15) is 5.10 Å². The second-order valence-corrected chi connectivity index (χ2v) is 7.59. The molecule has 1 unspecified atom stereocenters. The Morgan fingerprint density at radius 2 is 1.97 bits per heavy atom. The minimum absolute atomic E-state index is 0.0174. The first-order valence-electron chi connectivity index (χ1n) is 10.3. The average Bonchev–Trinajstić information content (AvgIpc) is 3.22. The maximum atomic E-state index is 13.0. The molecule has 0 spiro atoms. The fourth-order valence-corrected chi connectivity index (χ4v) is 4.10. The van der Waals surface area contributed by atoms with E-state index in [0.717, 1.165) is 49.6 Å². The molecule has 29 heavy (non-hydrogen) atoms. The van der Waals surface area contributed by atoms with Crippen LogP contribution in [0.25, 0.3) is 11.4 Å². The second kappa shape index (κ2) is 8.19. The number of benzene rings is 1. The molecule has 7 heteroatoms. The molecule has 0 bridgehead atoms. The third kappa shape index (κ3) is 3.81. The molecule has 1 amide bonds. The lowest BCUT2D eigenvalue weighted by Crippen LogP contribution is -2.32. The first-order valence-corrected chi connectivity index (χ1v) is 10.3. The highest BCUT2D eigenvalue weighted by Crippen LogP contribution is 2.29. The van der Waals surface area contributed by atoms with E-state index < -0.39 is 0 Å². The maximum Gasteiger partial charge on any atom is 0.259 e. The summed E-state index contributed by atoms with van der Waals surface area (Å²) < 4.78 is 7.20. The van der Waals surface area contributed by atoms with Crippen LogP contribution in [0.1, 0.15) is 59.7 Å². The number of carbonyl (C=O) groups excluding carboxylic acids is 1. The number of likely N-dealkylation sites (tertiary alicyclic amines) is 1.